The molecule has 1 aromatic rings. The quantitative estimate of drug-likeness (QED) is 0.845. The van der Waals surface area contributed by atoms with Gasteiger partial charge >= 0.3 is 0 Å². The summed E-state index contributed by atoms with van der Waals surface area (Å²) in [6, 6.07) is 3.49. The van der Waals surface area contributed by atoms with Crippen LogP contribution in [0.25, 0.3) is 0 Å². The Morgan fingerprint density at radius 2 is 2.10 bits per heavy atom. The molecule has 0 aromatic heterocycles. The molecule has 5 nitrogen and oxygen atoms in total. The van der Waals surface area contributed by atoms with E-state index in [2.05, 4.69) is 0 Å². The van der Waals surface area contributed by atoms with Crippen molar-refractivity contribution < 1.29 is 13.2 Å². The van der Waals surface area contributed by atoms with Gasteiger partial charge in [0.1, 0.15) is 0 Å². The molecular formula is C15H24N2O3S. The van der Waals surface area contributed by atoms with Crippen molar-refractivity contribution in [2.45, 2.75) is 44.6 Å². The van der Waals surface area contributed by atoms with Crippen molar-refractivity contribution in [1.82, 2.24) is 4.31 Å². The molecule has 0 bridgehead atoms. The number of likely N-dealkylation sites (N-methyl/N-ethyl adjacent to an activating group) is 1. The lowest BCUT2D eigenvalue weighted by molar-refractivity contribution is 0.0946. The third-order valence-electron chi connectivity index (χ3n) is 3.95. The first-order chi connectivity index (χ1) is 9.86. The number of anilines is 1. The molecule has 1 unspecified atom stereocenters. The van der Waals surface area contributed by atoms with E-state index < -0.39 is 10.0 Å². The standard InChI is InChI=1S/C15H24N2O3S/c1-4-17(10-13-6-5-7-20-13)21(18,19)15-9-11(2)8-14(16)12(15)3/h8-9,13H,4-7,10,16H2,1-3H3. The molecule has 2 N–H and O–H groups in total. The van der Waals surface area contributed by atoms with Crippen molar-refractivity contribution in [3.8, 4) is 0 Å². The summed E-state index contributed by atoms with van der Waals surface area (Å²) in [5.41, 5.74) is 7.90. The molecule has 6 heteroatoms. The zero-order chi connectivity index (χ0) is 15.6. The minimum atomic E-state index is -3.54. The summed E-state index contributed by atoms with van der Waals surface area (Å²) in [7, 11) is -3.54. The zero-order valence-corrected chi connectivity index (χ0v) is 13.7. The lowest BCUT2D eigenvalue weighted by atomic mass is 10.1. The van der Waals surface area contributed by atoms with Gasteiger partial charge in [0.15, 0.2) is 0 Å². The molecule has 1 aliphatic heterocycles. The van der Waals surface area contributed by atoms with Gasteiger partial charge in [-0.3, -0.25) is 0 Å². The highest BCUT2D eigenvalue weighted by molar-refractivity contribution is 7.89. The lowest BCUT2D eigenvalue weighted by Crippen LogP contribution is -2.37. The molecule has 1 atom stereocenters. The van der Waals surface area contributed by atoms with E-state index in [4.69, 9.17) is 10.5 Å². The first kappa shape index (κ1) is 16.3. The number of ether oxygens (including phenoxy) is 1. The van der Waals surface area contributed by atoms with E-state index in [-0.39, 0.29) is 6.10 Å². The fraction of sp³-hybridized carbons (Fsp3) is 0.600. The van der Waals surface area contributed by atoms with Crippen LogP contribution in [0, 0.1) is 13.8 Å². The van der Waals surface area contributed by atoms with Crippen LogP contribution in [-0.2, 0) is 14.8 Å². The zero-order valence-electron chi connectivity index (χ0n) is 12.9. The summed E-state index contributed by atoms with van der Waals surface area (Å²) >= 11 is 0. The van der Waals surface area contributed by atoms with Crippen molar-refractivity contribution in [2.24, 2.45) is 0 Å². The predicted octanol–water partition coefficient (Wildman–Crippen LogP) is 2.08. The van der Waals surface area contributed by atoms with Crippen LogP contribution in [0.3, 0.4) is 0 Å². The van der Waals surface area contributed by atoms with Gasteiger partial charge in [0.2, 0.25) is 10.0 Å². The van der Waals surface area contributed by atoms with Gasteiger partial charge < -0.3 is 10.5 Å². The second-order valence-electron chi connectivity index (χ2n) is 5.57. The Labute approximate surface area is 127 Å². The van der Waals surface area contributed by atoms with Gasteiger partial charge in [-0.1, -0.05) is 6.92 Å². The second kappa shape index (κ2) is 6.34. The summed E-state index contributed by atoms with van der Waals surface area (Å²) in [6.07, 6.45) is 1.92. The molecule has 0 saturated carbocycles. The maximum atomic E-state index is 12.9. The van der Waals surface area contributed by atoms with Crippen molar-refractivity contribution in [3.63, 3.8) is 0 Å². The molecule has 1 aromatic carbocycles. The van der Waals surface area contributed by atoms with Gasteiger partial charge in [-0.05, 0) is 49.9 Å². The van der Waals surface area contributed by atoms with Gasteiger partial charge in [-0.25, -0.2) is 8.42 Å². The Balaban J connectivity index is 2.34. The molecule has 2 rings (SSSR count). The lowest BCUT2D eigenvalue weighted by Gasteiger charge is -2.24. The van der Waals surface area contributed by atoms with Crippen LogP contribution < -0.4 is 5.73 Å². The number of nitrogens with zero attached hydrogens (tertiary/aromatic N) is 1. The number of benzene rings is 1. The number of hydrogen-bond acceptors (Lipinski definition) is 4. The maximum absolute atomic E-state index is 12.9. The van der Waals surface area contributed by atoms with E-state index >= 15 is 0 Å². The van der Waals surface area contributed by atoms with Crippen molar-refractivity contribution in [3.05, 3.63) is 23.3 Å². The minimum Gasteiger partial charge on any atom is -0.398 e. The Hall–Kier alpha value is -1.11. The molecule has 1 aliphatic rings. The number of rotatable bonds is 5. The van der Waals surface area contributed by atoms with E-state index in [1.165, 1.54) is 4.31 Å². The molecule has 0 radical (unpaired) electrons. The highest BCUT2D eigenvalue weighted by Gasteiger charge is 2.29. The van der Waals surface area contributed by atoms with Crippen LogP contribution >= 0.6 is 0 Å². The average molecular weight is 312 g/mol. The van der Waals surface area contributed by atoms with E-state index in [9.17, 15) is 8.42 Å². The van der Waals surface area contributed by atoms with Crippen LogP contribution in [0.15, 0.2) is 17.0 Å². The Morgan fingerprint density at radius 3 is 2.67 bits per heavy atom. The number of hydrogen-bond donors (Lipinski definition) is 1. The average Bonchev–Trinajstić information content (AvgIpc) is 2.92. The summed E-state index contributed by atoms with van der Waals surface area (Å²) in [5, 5.41) is 0. The van der Waals surface area contributed by atoms with E-state index in [1.54, 1.807) is 19.1 Å². The molecule has 1 fully saturated rings. The van der Waals surface area contributed by atoms with Gasteiger partial charge in [0, 0.05) is 25.4 Å². The molecule has 21 heavy (non-hydrogen) atoms. The third kappa shape index (κ3) is 3.39. The number of nitrogen functional groups attached to an aromatic ring is 1. The first-order valence-electron chi connectivity index (χ1n) is 7.34. The van der Waals surface area contributed by atoms with Gasteiger partial charge in [0.05, 0.1) is 11.0 Å². The SMILES string of the molecule is CCN(CC1CCCO1)S(=O)(=O)c1cc(C)cc(N)c1C. The number of nitrogens with two attached hydrogens (primary N) is 1. The monoisotopic (exact) mass is 312 g/mol. The highest BCUT2D eigenvalue weighted by atomic mass is 32.2. The minimum absolute atomic E-state index is 0.00203. The Kier molecular flexibility index (Phi) is 4.91. The molecule has 0 aliphatic carbocycles. The molecule has 1 saturated heterocycles. The predicted molar refractivity (Wildman–Crippen MR) is 83.7 cm³/mol. The molecular weight excluding hydrogens is 288 g/mol. The second-order valence-corrected chi connectivity index (χ2v) is 7.47. The van der Waals surface area contributed by atoms with E-state index in [0.29, 0.717) is 29.2 Å². The van der Waals surface area contributed by atoms with E-state index in [1.807, 2.05) is 13.8 Å². The fourth-order valence-corrected chi connectivity index (χ4v) is 4.49. The third-order valence-corrected chi connectivity index (χ3v) is 6.01. The largest absolute Gasteiger partial charge is 0.398 e. The molecule has 1 heterocycles. The summed E-state index contributed by atoms with van der Waals surface area (Å²) in [6.45, 7) is 7.01. The highest BCUT2D eigenvalue weighted by Crippen LogP contribution is 2.27. The summed E-state index contributed by atoms with van der Waals surface area (Å²) < 4.78 is 32.8. The number of sulfonamides is 1. The summed E-state index contributed by atoms with van der Waals surface area (Å²) in [4.78, 5) is 0.305. The van der Waals surface area contributed by atoms with Crippen molar-refractivity contribution >= 4 is 15.7 Å². The smallest absolute Gasteiger partial charge is 0.243 e. The van der Waals surface area contributed by atoms with Gasteiger partial charge in [0.25, 0.3) is 0 Å². The van der Waals surface area contributed by atoms with Crippen LogP contribution in [0.2, 0.25) is 0 Å². The van der Waals surface area contributed by atoms with Crippen LogP contribution in [-0.4, -0.2) is 38.5 Å². The maximum Gasteiger partial charge on any atom is 0.243 e. The fourth-order valence-electron chi connectivity index (χ4n) is 2.67. The molecule has 0 amide bonds. The van der Waals surface area contributed by atoms with Crippen LogP contribution in [0.1, 0.15) is 30.9 Å². The van der Waals surface area contributed by atoms with Crippen LogP contribution in [0.4, 0.5) is 5.69 Å². The number of aryl methyl sites for hydroxylation is 1. The first-order valence-corrected chi connectivity index (χ1v) is 8.78. The topological polar surface area (TPSA) is 72.6 Å². The molecule has 118 valence electrons. The van der Waals surface area contributed by atoms with Crippen LogP contribution in [0.5, 0.6) is 0 Å². The van der Waals surface area contributed by atoms with Gasteiger partial charge in [-0.15, -0.1) is 0 Å². The normalized spacial score (nSPS) is 19.3. The van der Waals surface area contributed by atoms with Crippen molar-refractivity contribution in [1.29, 1.82) is 0 Å². The van der Waals surface area contributed by atoms with Crippen molar-refractivity contribution in [2.75, 3.05) is 25.4 Å². The van der Waals surface area contributed by atoms with Gasteiger partial charge in [-0.2, -0.15) is 4.31 Å². The Bertz CT molecular complexity index is 608. The Morgan fingerprint density at radius 1 is 1.38 bits per heavy atom. The molecule has 0 spiro atoms. The summed E-state index contributed by atoms with van der Waals surface area (Å²) in [5.74, 6) is 0. The van der Waals surface area contributed by atoms with E-state index in [0.717, 1.165) is 25.0 Å².